The van der Waals surface area contributed by atoms with Gasteiger partial charge in [0.2, 0.25) is 0 Å². The second kappa shape index (κ2) is 4.33. The summed E-state index contributed by atoms with van der Waals surface area (Å²) in [7, 11) is 1.64. The second-order valence-electron chi connectivity index (χ2n) is 4.17. The lowest BCUT2D eigenvalue weighted by Gasteiger charge is -2.19. The summed E-state index contributed by atoms with van der Waals surface area (Å²) in [5, 5.41) is 4.45. The van der Waals surface area contributed by atoms with E-state index in [0.29, 0.717) is 0 Å². The molecule has 3 rings (SSSR count). The van der Waals surface area contributed by atoms with Gasteiger partial charge in [-0.15, -0.1) is 5.10 Å². The normalized spacial score (nSPS) is 20.6. The molecule has 5 nitrogen and oxygen atoms in total. The number of rotatable bonds is 2. The van der Waals surface area contributed by atoms with Crippen molar-refractivity contribution in [3.05, 3.63) is 24.2 Å². The van der Waals surface area contributed by atoms with Crippen molar-refractivity contribution < 1.29 is 9.47 Å². The van der Waals surface area contributed by atoms with E-state index in [2.05, 4.69) is 10.1 Å². The van der Waals surface area contributed by atoms with Gasteiger partial charge in [-0.1, -0.05) is 0 Å². The van der Waals surface area contributed by atoms with Crippen molar-refractivity contribution in [3.63, 3.8) is 0 Å². The van der Waals surface area contributed by atoms with Crippen LogP contribution in [-0.2, 0) is 4.74 Å². The number of methoxy groups -OCH3 is 1. The van der Waals surface area contributed by atoms with E-state index in [1.54, 1.807) is 11.6 Å². The largest absolute Gasteiger partial charge is 0.493 e. The first kappa shape index (κ1) is 10.5. The maximum absolute atomic E-state index is 5.69. The molecule has 0 N–H and O–H groups in total. The Labute approximate surface area is 99.4 Å². The van der Waals surface area contributed by atoms with Crippen molar-refractivity contribution in [3.8, 4) is 5.75 Å². The van der Waals surface area contributed by atoms with Crippen molar-refractivity contribution in [2.75, 3.05) is 13.7 Å². The van der Waals surface area contributed by atoms with Crippen LogP contribution in [0.2, 0.25) is 0 Å². The maximum Gasteiger partial charge on any atom is 0.198 e. The van der Waals surface area contributed by atoms with E-state index in [4.69, 9.17) is 9.47 Å². The molecule has 2 aromatic heterocycles. The van der Waals surface area contributed by atoms with Crippen LogP contribution in [0.25, 0.3) is 5.65 Å². The summed E-state index contributed by atoms with van der Waals surface area (Å²) in [5.74, 6) is 1.50. The van der Waals surface area contributed by atoms with E-state index in [0.717, 1.165) is 36.7 Å². The van der Waals surface area contributed by atoms with Gasteiger partial charge < -0.3 is 9.47 Å². The van der Waals surface area contributed by atoms with Crippen LogP contribution >= 0.6 is 0 Å². The molecule has 1 aliphatic heterocycles. The Hall–Kier alpha value is -1.62. The van der Waals surface area contributed by atoms with Gasteiger partial charge in [-0.2, -0.15) is 0 Å². The molecule has 1 saturated heterocycles. The Morgan fingerprint density at radius 1 is 1.47 bits per heavy atom. The minimum absolute atomic E-state index is 0.0355. The summed E-state index contributed by atoms with van der Waals surface area (Å²) in [6, 6.07) is 3.78. The van der Waals surface area contributed by atoms with Gasteiger partial charge in [-0.05, 0) is 31.4 Å². The first-order chi connectivity index (χ1) is 8.38. The van der Waals surface area contributed by atoms with Crippen LogP contribution in [-0.4, -0.2) is 28.3 Å². The molecule has 0 aromatic carbocycles. The van der Waals surface area contributed by atoms with Crippen LogP contribution in [0.4, 0.5) is 0 Å². The summed E-state index contributed by atoms with van der Waals surface area (Å²) < 4.78 is 12.7. The van der Waals surface area contributed by atoms with E-state index in [9.17, 15) is 0 Å². The lowest BCUT2D eigenvalue weighted by atomic mass is 10.1. The van der Waals surface area contributed by atoms with Crippen LogP contribution < -0.4 is 4.74 Å². The molecule has 0 amide bonds. The summed E-state index contributed by atoms with van der Waals surface area (Å²) in [6.07, 6.45) is 5.22. The first-order valence-electron chi connectivity index (χ1n) is 5.89. The molecule has 0 aliphatic carbocycles. The van der Waals surface area contributed by atoms with Crippen molar-refractivity contribution in [2.45, 2.75) is 25.4 Å². The average molecular weight is 233 g/mol. The first-order valence-corrected chi connectivity index (χ1v) is 5.89. The molecule has 3 heterocycles. The quantitative estimate of drug-likeness (QED) is 0.795. The molecule has 0 saturated carbocycles. The predicted octanol–water partition coefficient (Wildman–Crippen LogP) is 1.98. The van der Waals surface area contributed by atoms with Gasteiger partial charge >= 0.3 is 0 Å². The van der Waals surface area contributed by atoms with Gasteiger partial charge in [0.05, 0.1) is 7.11 Å². The van der Waals surface area contributed by atoms with Gasteiger partial charge in [0.15, 0.2) is 17.2 Å². The topological polar surface area (TPSA) is 48.7 Å². The third kappa shape index (κ3) is 1.86. The predicted molar refractivity (Wildman–Crippen MR) is 62.1 cm³/mol. The molecule has 1 aliphatic rings. The summed E-state index contributed by atoms with van der Waals surface area (Å²) in [6.45, 7) is 0.803. The van der Waals surface area contributed by atoms with E-state index >= 15 is 0 Å². The fourth-order valence-corrected chi connectivity index (χ4v) is 2.14. The Morgan fingerprint density at radius 2 is 2.41 bits per heavy atom. The van der Waals surface area contributed by atoms with Gasteiger partial charge in [-0.25, -0.2) is 9.50 Å². The van der Waals surface area contributed by atoms with Gasteiger partial charge in [0, 0.05) is 12.8 Å². The van der Waals surface area contributed by atoms with E-state index in [1.165, 1.54) is 6.42 Å². The smallest absolute Gasteiger partial charge is 0.198 e. The highest BCUT2D eigenvalue weighted by molar-refractivity contribution is 5.52. The Kier molecular flexibility index (Phi) is 2.68. The standard InChI is InChI=1S/C12H15N3O2/c1-16-10-6-4-7-15-12(10)13-11(14-15)9-5-2-3-8-17-9/h4,6-7,9H,2-3,5,8H2,1H3. The number of hydrogen-bond donors (Lipinski definition) is 0. The molecule has 0 radical (unpaired) electrons. The van der Waals surface area contributed by atoms with Crippen LogP contribution in [0.1, 0.15) is 31.2 Å². The zero-order chi connectivity index (χ0) is 11.7. The second-order valence-corrected chi connectivity index (χ2v) is 4.17. The van der Waals surface area contributed by atoms with Crippen molar-refractivity contribution in [1.82, 2.24) is 14.6 Å². The van der Waals surface area contributed by atoms with Crippen molar-refractivity contribution in [2.24, 2.45) is 0 Å². The zero-order valence-electron chi connectivity index (χ0n) is 9.80. The highest BCUT2D eigenvalue weighted by atomic mass is 16.5. The molecule has 2 aromatic rings. The van der Waals surface area contributed by atoms with Crippen molar-refractivity contribution >= 4 is 5.65 Å². The molecular weight excluding hydrogens is 218 g/mol. The lowest BCUT2D eigenvalue weighted by molar-refractivity contribution is 0.00961. The average Bonchev–Trinajstić information content (AvgIpc) is 2.83. The summed E-state index contributed by atoms with van der Waals surface area (Å²) in [4.78, 5) is 4.51. The molecule has 90 valence electrons. The van der Waals surface area contributed by atoms with Crippen LogP contribution in [0.5, 0.6) is 5.75 Å². The Morgan fingerprint density at radius 3 is 3.18 bits per heavy atom. The fraction of sp³-hybridized carbons (Fsp3) is 0.500. The number of fused-ring (bicyclic) bond motifs is 1. The van der Waals surface area contributed by atoms with Crippen molar-refractivity contribution in [1.29, 1.82) is 0 Å². The maximum atomic E-state index is 5.69. The zero-order valence-corrected chi connectivity index (χ0v) is 9.80. The number of nitrogens with zero attached hydrogens (tertiary/aromatic N) is 3. The minimum Gasteiger partial charge on any atom is -0.493 e. The number of pyridine rings is 1. The molecule has 1 unspecified atom stereocenters. The molecule has 1 fully saturated rings. The molecule has 0 bridgehead atoms. The fourth-order valence-electron chi connectivity index (χ4n) is 2.14. The highest BCUT2D eigenvalue weighted by Gasteiger charge is 2.21. The number of aromatic nitrogens is 3. The minimum atomic E-state index is 0.0355. The summed E-state index contributed by atoms with van der Waals surface area (Å²) >= 11 is 0. The third-order valence-electron chi connectivity index (χ3n) is 3.03. The SMILES string of the molecule is COc1cccn2nc(C3CCCCO3)nc12. The van der Waals surface area contributed by atoms with E-state index < -0.39 is 0 Å². The third-order valence-corrected chi connectivity index (χ3v) is 3.03. The molecular formula is C12H15N3O2. The van der Waals surface area contributed by atoms with Gasteiger partial charge in [0.1, 0.15) is 6.10 Å². The van der Waals surface area contributed by atoms with Crippen LogP contribution in [0.3, 0.4) is 0 Å². The molecule has 17 heavy (non-hydrogen) atoms. The molecule has 1 atom stereocenters. The van der Waals surface area contributed by atoms with E-state index in [1.807, 2.05) is 18.3 Å². The van der Waals surface area contributed by atoms with Gasteiger partial charge in [0.25, 0.3) is 0 Å². The Balaban J connectivity index is 2.00. The van der Waals surface area contributed by atoms with Crippen LogP contribution in [0.15, 0.2) is 18.3 Å². The molecule has 0 spiro atoms. The highest BCUT2D eigenvalue weighted by Crippen LogP contribution is 2.27. The van der Waals surface area contributed by atoms with Crippen LogP contribution in [0, 0.1) is 0 Å². The molecule has 5 heteroatoms. The van der Waals surface area contributed by atoms with Gasteiger partial charge in [-0.3, -0.25) is 0 Å². The monoisotopic (exact) mass is 233 g/mol. The lowest BCUT2D eigenvalue weighted by Crippen LogP contribution is -2.12. The number of hydrogen-bond acceptors (Lipinski definition) is 4. The number of ether oxygens (including phenoxy) is 2. The Bertz CT molecular complexity index is 517. The summed E-state index contributed by atoms with van der Waals surface area (Å²) in [5.41, 5.74) is 0.749. The van der Waals surface area contributed by atoms with E-state index in [-0.39, 0.29) is 6.10 Å².